The van der Waals surface area contributed by atoms with Crippen molar-refractivity contribution in [3.05, 3.63) is 52.3 Å². The van der Waals surface area contributed by atoms with Crippen LogP contribution in [0, 0.1) is 6.92 Å². The molecule has 0 bridgehead atoms. The number of benzene rings is 1. The lowest BCUT2D eigenvalue weighted by Crippen LogP contribution is -2.14. The number of methoxy groups -OCH3 is 1. The first kappa shape index (κ1) is 13.5. The summed E-state index contributed by atoms with van der Waals surface area (Å²) < 4.78 is 6.03. The number of rotatable bonds is 3. The summed E-state index contributed by atoms with van der Waals surface area (Å²) in [7, 11) is 1.57. The fraction of sp³-hybridized carbons (Fsp3) is 0.143. The monoisotopic (exact) mass is 320 g/mol. The predicted molar refractivity (Wildman–Crippen MR) is 77.6 cm³/mol. The van der Waals surface area contributed by atoms with Crippen molar-refractivity contribution in [1.82, 2.24) is 4.98 Å². The largest absolute Gasteiger partial charge is 0.495 e. The average molecular weight is 321 g/mol. The van der Waals surface area contributed by atoms with Gasteiger partial charge in [0.2, 0.25) is 0 Å². The third-order valence-electron chi connectivity index (χ3n) is 2.56. The Balaban J connectivity index is 2.26. The topological polar surface area (TPSA) is 51.2 Å². The van der Waals surface area contributed by atoms with Gasteiger partial charge in [-0.1, -0.05) is 22.0 Å². The van der Waals surface area contributed by atoms with E-state index in [1.54, 1.807) is 25.4 Å². The van der Waals surface area contributed by atoms with Crippen molar-refractivity contribution in [1.29, 1.82) is 0 Å². The van der Waals surface area contributed by atoms with Gasteiger partial charge in [0.25, 0.3) is 5.91 Å². The number of aryl methyl sites for hydroxylation is 1. The van der Waals surface area contributed by atoms with E-state index in [2.05, 4.69) is 26.2 Å². The zero-order valence-corrected chi connectivity index (χ0v) is 12.2. The van der Waals surface area contributed by atoms with Crippen LogP contribution in [0.1, 0.15) is 16.1 Å². The molecule has 0 spiro atoms. The molecule has 1 amide bonds. The van der Waals surface area contributed by atoms with Gasteiger partial charge in [0.15, 0.2) is 0 Å². The Kier molecular flexibility index (Phi) is 4.16. The van der Waals surface area contributed by atoms with Crippen LogP contribution in [0.4, 0.5) is 5.69 Å². The van der Waals surface area contributed by atoms with Gasteiger partial charge < -0.3 is 10.1 Å². The summed E-state index contributed by atoms with van der Waals surface area (Å²) in [4.78, 5) is 16.1. The Bertz CT molecular complexity index is 614. The molecule has 5 heteroatoms. The molecule has 0 saturated heterocycles. The molecule has 2 aromatic rings. The van der Waals surface area contributed by atoms with E-state index in [1.165, 1.54) is 0 Å². The fourth-order valence-corrected chi connectivity index (χ4v) is 1.97. The van der Waals surface area contributed by atoms with Crippen molar-refractivity contribution in [2.45, 2.75) is 6.92 Å². The summed E-state index contributed by atoms with van der Waals surface area (Å²) in [5.74, 6) is 0.346. The van der Waals surface area contributed by atoms with Crippen molar-refractivity contribution in [3.63, 3.8) is 0 Å². The van der Waals surface area contributed by atoms with Crippen molar-refractivity contribution < 1.29 is 9.53 Å². The van der Waals surface area contributed by atoms with E-state index in [1.807, 2.05) is 25.1 Å². The normalized spacial score (nSPS) is 10.1. The molecule has 0 unspecified atom stereocenters. The first-order valence-electron chi connectivity index (χ1n) is 5.67. The van der Waals surface area contributed by atoms with Gasteiger partial charge in [0.1, 0.15) is 11.4 Å². The highest BCUT2D eigenvalue weighted by molar-refractivity contribution is 9.10. The minimum atomic E-state index is -0.273. The molecule has 1 aromatic heterocycles. The van der Waals surface area contributed by atoms with E-state index in [4.69, 9.17) is 4.74 Å². The van der Waals surface area contributed by atoms with Crippen LogP contribution in [-0.4, -0.2) is 18.0 Å². The van der Waals surface area contributed by atoms with Crippen LogP contribution in [0.3, 0.4) is 0 Å². The van der Waals surface area contributed by atoms with Crippen molar-refractivity contribution in [2.75, 3.05) is 12.4 Å². The van der Waals surface area contributed by atoms with Gasteiger partial charge in [-0.15, -0.1) is 0 Å². The number of pyridine rings is 1. The van der Waals surface area contributed by atoms with Gasteiger partial charge in [0, 0.05) is 10.7 Å². The number of nitrogens with one attached hydrogen (secondary N) is 1. The molecule has 4 nitrogen and oxygen atoms in total. The molecule has 1 heterocycles. The van der Waals surface area contributed by atoms with Crippen molar-refractivity contribution in [2.24, 2.45) is 0 Å². The first-order chi connectivity index (χ1) is 9.10. The second-order valence-electron chi connectivity index (χ2n) is 4.02. The Hall–Kier alpha value is -1.88. The highest BCUT2D eigenvalue weighted by Crippen LogP contribution is 2.25. The minimum Gasteiger partial charge on any atom is -0.495 e. The summed E-state index contributed by atoms with van der Waals surface area (Å²) in [5, 5.41) is 2.80. The molecule has 0 fully saturated rings. The molecule has 0 aliphatic heterocycles. The van der Waals surface area contributed by atoms with E-state index >= 15 is 0 Å². The van der Waals surface area contributed by atoms with E-state index in [-0.39, 0.29) is 5.91 Å². The lowest BCUT2D eigenvalue weighted by atomic mass is 10.2. The number of hydrogen-bond acceptors (Lipinski definition) is 3. The van der Waals surface area contributed by atoms with Crippen LogP contribution in [-0.2, 0) is 0 Å². The number of carbonyl (C=O) groups excluding carboxylic acids is 1. The van der Waals surface area contributed by atoms with Crippen LogP contribution < -0.4 is 10.1 Å². The summed E-state index contributed by atoms with van der Waals surface area (Å²) in [5.41, 5.74) is 2.02. The maximum atomic E-state index is 12.1. The Morgan fingerprint density at radius 3 is 2.79 bits per heavy atom. The Morgan fingerprint density at radius 2 is 2.11 bits per heavy atom. The number of hydrogen-bond donors (Lipinski definition) is 1. The average Bonchev–Trinajstić information content (AvgIpc) is 2.39. The summed E-state index contributed by atoms with van der Waals surface area (Å²) in [6.07, 6.45) is 1.58. The Labute approximate surface area is 119 Å². The summed E-state index contributed by atoms with van der Waals surface area (Å²) in [6, 6.07) is 9.03. The van der Waals surface area contributed by atoms with Crippen LogP contribution in [0.5, 0.6) is 5.75 Å². The van der Waals surface area contributed by atoms with Crippen LogP contribution in [0.25, 0.3) is 0 Å². The molecular formula is C14H13BrN2O2. The second-order valence-corrected chi connectivity index (χ2v) is 4.93. The van der Waals surface area contributed by atoms with Gasteiger partial charge in [-0.2, -0.15) is 0 Å². The highest BCUT2D eigenvalue weighted by atomic mass is 79.9. The molecule has 19 heavy (non-hydrogen) atoms. The maximum Gasteiger partial charge on any atom is 0.274 e. The molecular weight excluding hydrogens is 308 g/mol. The molecule has 0 aliphatic carbocycles. The van der Waals surface area contributed by atoms with Gasteiger partial charge >= 0.3 is 0 Å². The highest BCUT2D eigenvalue weighted by Gasteiger charge is 2.11. The number of nitrogens with zero attached hydrogens (tertiary/aromatic N) is 1. The predicted octanol–water partition coefficient (Wildman–Crippen LogP) is 3.41. The van der Waals surface area contributed by atoms with E-state index in [0.717, 1.165) is 10.0 Å². The second kappa shape index (κ2) is 5.84. The lowest BCUT2D eigenvalue weighted by Gasteiger charge is -2.10. The fourth-order valence-electron chi connectivity index (χ4n) is 1.63. The molecule has 0 radical (unpaired) electrons. The van der Waals surface area contributed by atoms with Gasteiger partial charge in [-0.05, 0) is 36.8 Å². The summed E-state index contributed by atoms with van der Waals surface area (Å²) >= 11 is 3.31. The van der Waals surface area contributed by atoms with E-state index in [0.29, 0.717) is 17.1 Å². The molecule has 1 aromatic carbocycles. The molecule has 2 rings (SSSR count). The van der Waals surface area contributed by atoms with Gasteiger partial charge in [-0.3, -0.25) is 9.78 Å². The molecule has 0 atom stereocenters. The van der Waals surface area contributed by atoms with Crippen LogP contribution >= 0.6 is 15.9 Å². The Morgan fingerprint density at radius 1 is 1.32 bits per heavy atom. The number of ether oxygens (including phenoxy) is 1. The smallest absolute Gasteiger partial charge is 0.274 e. The first-order valence-corrected chi connectivity index (χ1v) is 6.47. The quantitative estimate of drug-likeness (QED) is 0.942. The maximum absolute atomic E-state index is 12.1. The van der Waals surface area contributed by atoms with E-state index < -0.39 is 0 Å². The molecule has 0 aliphatic rings. The van der Waals surface area contributed by atoms with Crippen molar-refractivity contribution >= 4 is 27.5 Å². The molecule has 98 valence electrons. The van der Waals surface area contributed by atoms with E-state index in [9.17, 15) is 4.79 Å². The standard InChI is InChI=1S/C14H13BrN2O2/c1-9-3-4-13(19-2)11(7-9)17-14(18)12-8-10(15)5-6-16-12/h3-8H,1-2H3,(H,17,18). The number of halogens is 1. The van der Waals surface area contributed by atoms with Gasteiger partial charge in [-0.25, -0.2) is 0 Å². The minimum absolute atomic E-state index is 0.273. The summed E-state index contributed by atoms with van der Waals surface area (Å²) in [6.45, 7) is 1.95. The molecule has 1 N–H and O–H groups in total. The number of carbonyl (C=O) groups is 1. The number of aromatic nitrogens is 1. The third-order valence-corrected chi connectivity index (χ3v) is 3.05. The lowest BCUT2D eigenvalue weighted by molar-refractivity contribution is 0.102. The number of amides is 1. The third kappa shape index (κ3) is 3.32. The zero-order valence-electron chi connectivity index (χ0n) is 10.6. The molecule has 0 saturated carbocycles. The SMILES string of the molecule is COc1ccc(C)cc1NC(=O)c1cc(Br)ccn1. The number of anilines is 1. The van der Waals surface area contributed by atoms with Gasteiger partial charge in [0.05, 0.1) is 12.8 Å². The van der Waals surface area contributed by atoms with Crippen LogP contribution in [0.2, 0.25) is 0 Å². The van der Waals surface area contributed by atoms with Crippen molar-refractivity contribution in [3.8, 4) is 5.75 Å². The zero-order chi connectivity index (χ0) is 13.8. The van der Waals surface area contributed by atoms with Crippen LogP contribution in [0.15, 0.2) is 41.0 Å².